The maximum absolute atomic E-state index is 10.00. The molecule has 2 saturated heterocycles. The molecule has 12 heteroatoms. The molecule has 0 aromatic rings. The van der Waals surface area contributed by atoms with E-state index in [0.29, 0.717) is 0 Å². The van der Waals surface area contributed by atoms with E-state index in [4.69, 9.17) is 24.4 Å². The Labute approximate surface area is 159 Å². The fourth-order valence-electron chi connectivity index (χ4n) is 2.63. The van der Waals surface area contributed by atoms with E-state index in [1.54, 1.807) is 0 Å². The third-order valence-corrected chi connectivity index (χ3v) is 4.07. The molecule has 2 aliphatic rings. The summed E-state index contributed by atoms with van der Waals surface area (Å²) >= 11 is 0. The standard InChI is InChI=1S/C12H22O11.Na.H/c13-1-4-6(16)8(18)9(19)11(21-4)23-12(3-15)10(20)7(17)5(2-14)22-12;;/h4-11,13-20H,1-3H2;;/t4-,5-,6-,7-,8+,9-,10+,11-,12+;;/m1../s1. The first-order valence-corrected chi connectivity index (χ1v) is 7.05. The molecule has 2 fully saturated rings. The summed E-state index contributed by atoms with van der Waals surface area (Å²) < 4.78 is 15.4. The summed E-state index contributed by atoms with van der Waals surface area (Å²) in [6.07, 6.45) is -12.7. The third kappa shape index (κ3) is 3.94. The van der Waals surface area contributed by atoms with Gasteiger partial charge in [-0.2, -0.15) is 0 Å². The van der Waals surface area contributed by atoms with Crippen LogP contribution < -0.4 is 0 Å². The second-order valence-corrected chi connectivity index (χ2v) is 5.56. The minimum absolute atomic E-state index is 0. The normalized spacial score (nSPS) is 49.0. The average Bonchev–Trinajstić information content (AvgIpc) is 2.80. The van der Waals surface area contributed by atoms with E-state index in [2.05, 4.69) is 0 Å². The van der Waals surface area contributed by atoms with Gasteiger partial charge >= 0.3 is 29.6 Å². The second kappa shape index (κ2) is 8.97. The molecule has 2 heterocycles. The Bertz CT molecular complexity index is 399. The van der Waals surface area contributed by atoms with Gasteiger partial charge in [-0.1, -0.05) is 0 Å². The van der Waals surface area contributed by atoms with E-state index in [0.717, 1.165) is 0 Å². The Morgan fingerprint density at radius 3 is 1.83 bits per heavy atom. The van der Waals surface area contributed by atoms with Crippen molar-refractivity contribution in [3.8, 4) is 0 Å². The summed E-state index contributed by atoms with van der Waals surface area (Å²) in [5, 5.41) is 76.7. The molecule has 138 valence electrons. The molecule has 24 heavy (non-hydrogen) atoms. The zero-order valence-electron chi connectivity index (χ0n) is 12.0. The van der Waals surface area contributed by atoms with Gasteiger partial charge in [-0.05, 0) is 0 Å². The van der Waals surface area contributed by atoms with Crippen LogP contribution in [-0.4, -0.2) is 145 Å². The van der Waals surface area contributed by atoms with Crippen molar-refractivity contribution < 1.29 is 55.1 Å². The first-order chi connectivity index (χ1) is 10.8. The fourth-order valence-corrected chi connectivity index (χ4v) is 2.63. The van der Waals surface area contributed by atoms with Crippen LogP contribution in [0.4, 0.5) is 0 Å². The van der Waals surface area contributed by atoms with Crippen molar-refractivity contribution >= 4 is 29.6 Å². The van der Waals surface area contributed by atoms with Crippen molar-refractivity contribution in [1.82, 2.24) is 0 Å². The zero-order valence-corrected chi connectivity index (χ0v) is 12.0. The topological polar surface area (TPSA) is 190 Å². The van der Waals surface area contributed by atoms with Gasteiger partial charge in [0, 0.05) is 0 Å². The van der Waals surface area contributed by atoms with Crippen molar-refractivity contribution in [3.63, 3.8) is 0 Å². The number of hydrogen-bond acceptors (Lipinski definition) is 11. The Hall–Kier alpha value is 0.560. The summed E-state index contributed by atoms with van der Waals surface area (Å²) in [4.78, 5) is 0. The molecule has 8 N–H and O–H groups in total. The second-order valence-electron chi connectivity index (χ2n) is 5.56. The van der Waals surface area contributed by atoms with Crippen molar-refractivity contribution in [3.05, 3.63) is 0 Å². The number of hydrogen-bond donors (Lipinski definition) is 8. The van der Waals surface area contributed by atoms with Crippen molar-refractivity contribution in [2.45, 2.75) is 54.8 Å². The molecule has 11 nitrogen and oxygen atoms in total. The van der Waals surface area contributed by atoms with E-state index in [9.17, 15) is 30.6 Å². The molecular formula is C12H23NaO11. The number of aliphatic hydroxyl groups is 8. The SMILES string of the molecule is OC[C@H]1O[C@@](CO)(O[C@H]2O[C@H](CO)[C@@H](O)[C@H](O)[C@H]2O)[C@@H](O)[C@@H]1O.[NaH]. The predicted octanol–water partition coefficient (Wildman–Crippen LogP) is -6.04. The fraction of sp³-hybridized carbons (Fsp3) is 1.00. The molecule has 0 radical (unpaired) electrons. The van der Waals surface area contributed by atoms with Crippen LogP contribution >= 0.6 is 0 Å². The van der Waals surface area contributed by atoms with E-state index in [-0.39, 0.29) is 29.6 Å². The van der Waals surface area contributed by atoms with E-state index in [1.807, 2.05) is 0 Å². The summed E-state index contributed by atoms with van der Waals surface area (Å²) in [5.74, 6) is -2.22. The van der Waals surface area contributed by atoms with E-state index in [1.165, 1.54) is 0 Å². The molecule has 0 bridgehead atoms. The molecular weight excluding hydrogens is 343 g/mol. The molecule has 2 aliphatic heterocycles. The van der Waals surface area contributed by atoms with Crippen LogP contribution in [0.2, 0.25) is 0 Å². The monoisotopic (exact) mass is 366 g/mol. The van der Waals surface area contributed by atoms with Gasteiger partial charge in [-0.3, -0.25) is 0 Å². The van der Waals surface area contributed by atoms with Gasteiger partial charge in [0.1, 0.15) is 49.3 Å². The van der Waals surface area contributed by atoms with Crippen LogP contribution in [0.5, 0.6) is 0 Å². The van der Waals surface area contributed by atoms with Gasteiger partial charge in [0.15, 0.2) is 6.29 Å². The minimum atomic E-state index is -2.22. The molecule has 9 atom stereocenters. The van der Waals surface area contributed by atoms with Gasteiger partial charge in [0.05, 0.1) is 13.2 Å². The molecule has 0 saturated carbocycles. The number of aliphatic hydroxyl groups excluding tert-OH is 8. The molecule has 0 aliphatic carbocycles. The van der Waals surface area contributed by atoms with Gasteiger partial charge in [-0.25, -0.2) is 0 Å². The van der Waals surface area contributed by atoms with Crippen molar-refractivity contribution in [1.29, 1.82) is 0 Å². The van der Waals surface area contributed by atoms with Crippen LogP contribution in [-0.2, 0) is 14.2 Å². The Kier molecular flexibility index (Phi) is 8.45. The van der Waals surface area contributed by atoms with Crippen LogP contribution in [0.3, 0.4) is 0 Å². The molecule has 0 aromatic heterocycles. The molecule has 0 spiro atoms. The quantitative estimate of drug-likeness (QED) is 0.216. The van der Waals surface area contributed by atoms with Gasteiger partial charge in [0.25, 0.3) is 0 Å². The zero-order chi connectivity index (χ0) is 17.4. The van der Waals surface area contributed by atoms with Gasteiger partial charge in [0.2, 0.25) is 5.79 Å². The summed E-state index contributed by atoms with van der Waals surface area (Å²) in [6.45, 7) is -2.32. The summed E-state index contributed by atoms with van der Waals surface area (Å²) in [6, 6.07) is 0. The average molecular weight is 366 g/mol. The molecule has 0 amide bonds. The Morgan fingerprint density at radius 1 is 0.792 bits per heavy atom. The van der Waals surface area contributed by atoms with E-state index < -0.39 is 74.6 Å². The van der Waals surface area contributed by atoms with Crippen LogP contribution in [0.25, 0.3) is 0 Å². The van der Waals surface area contributed by atoms with Gasteiger partial charge < -0.3 is 55.1 Å². The Morgan fingerprint density at radius 2 is 1.38 bits per heavy atom. The maximum atomic E-state index is 10.00. The molecule has 0 aromatic carbocycles. The third-order valence-electron chi connectivity index (χ3n) is 4.07. The van der Waals surface area contributed by atoms with Crippen LogP contribution in [0, 0.1) is 0 Å². The van der Waals surface area contributed by atoms with Crippen molar-refractivity contribution in [2.75, 3.05) is 19.8 Å². The van der Waals surface area contributed by atoms with Gasteiger partial charge in [-0.15, -0.1) is 0 Å². The first kappa shape index (κ1) is 22.6. The van der Waals surface area contributed by atoms with E-state index >= 15 is 0 Å². The molecule has 0 unspecified atom stereocenters. The first-order valence-electron chi connectivity index (χ1n) is 7.05. The Balaban J connectivity index is 0.00000288. The van der Waals surface area contributed by atoms with Crippen molar-refractivity contribution in [2.24, 2.45) is 0 Å². The predicted molar refractivity (Wildman–Crippen MR) is 75.8 cm³/mol. The summed E-state index contributed by atoms with van der Waals surface area (Å²) in [5.41, 5.74) is 0. The van der Waals surface area contributed by atoms with Crippen LogP contribution in [0.1, 0.15) is 0 Å². The van der Waals surface area contributed by atoms with Crippen LogP contribution in [0.15, 0.2) is 0 Å². The molecule has 2 rings (SSSR count). The summed E-state index contributed by atoms with van der Waals surface area (Å²) in [7, 11) is 0. The number of ether oxygens (including phenoxy) is 3. The number of rotatable bonds is 5.